The number of ether oxygens (including phenoxy) is 1. The van der Waals surface area contributed by atoms with Gasteiger partial charge in [-0.05, 0) is 49.9 Å². The van der Waals surface area contributed by atoms with E-state index < -0.39 is 0 Å². The van der Waals surface area contributed by atoms with Crippen LogP contribution < -0.4 is 5.32 Å². The Bertz CT molecular complexity index is 489. The fraction of sp³-hybridized carbons (Fsp3) is 0.625. The van der Waals surface area contributed by atoms with Gasteiger partial charge in [-0.15, -0.1) is 0 Å². The number of hydrogen-bond donors (Lipinski definition) is 1. The van der Waals surface area contributed by atoms with Crippen molar-refractivity contribution in [3.63, 3.8) is 0 Å². The molecule has 0 aromatic heterocycles. The fourth-order valence-electron chi connectivity index (χ4n) is 4.16. The van der Waals surface area contributed by atoms with Gasteiger partial charge in [-0.1, -0.05) is 29.3 Å². The number of hydrogen-bond acceptors (Lipinski definition) is 2. The predicted octanol–water partition coefficient (Wildman–Crippen LogP) is 4.04. The molecule has 1 aliphatic carbocycles. The lowest BCUT2D eigenvalue weighted by Gasteiger charge is -2.51. The van der Waals surface area contributed by atoms with Gasteiger partial charge >= 0.3 is 0 Å². The van der Waals surface area contributed by atoms with Crippen molar-refractivity contribution in [3.05, 3.63) is 33.8 Å². The van der Waals surface area contributed by atoms with Crippen LogP contribution in [0.5, 0.6) is 0 Å². The highest BCUT2D eigenvalue weighted by Gasteiger charge is 2.48. The summed E-state index contributed by atoms with van der Waals surface area (Å²) in [6.07, 6.45) is 5.08. The maximum atomic E-state index is 6.25. The van der Waals surface area contributed by atoms with E-state index in [4.69, 9.17) is 27.9 Å². The van der Waals surface area contributed by atoms with E-state index in [9.17, 15) is 0 Å². The molecule has 3 rings (SSSR count). The molecule has 20 heavy (non-hydrogen) atoms. The third-order valence-electron chi connectivity index (χ3n) is 5.18. The monoisotopic (exact) mass is 313 g/mol. The van der Waals surface area contributed by atoms with E-state index in [1.165, 1.54) is 18.4 Å². The van der Waals surface area contributed by atoms with Gasteiger partial charge in [0.2, 0.25) is 0 Å². The standard InChI is InChI=1S/C16H21Cl2NO/c1-20-15-3-2-6-16(7-8-19-10-12(15)16)11-4-5-13(17)14(18)9-11/h4-5,9,12,15,19H,2-3,6-8,10H2,1H3/t12-,15-,16?/m1/s1. The normalized spacial score (nSPS) is 33.8. The van der Waals surface area contributed by atoms with Crippen molar-refractivity contribution in [3.8, 4) is 0 Å². The average molecular weight is 314 g/mol. The minimum Gasteiger partial charge on any atom is -0.381 e. The third-order valence-corrected chi connectivity index (χ3v) is 5.92. The number of rotatable bonds is 2. The first-order chi connectivity index (χ1) is 9.67. The lowest BCUT2D eigenvalue weighted by atomic mass is 9.58. The molecule has 110 valence electrons. The lowest BCUT2D eigenvalue weighted by Crippen LogP contribution is -2.55. The van der Waals surface area contributed by atoms with Crippen molar-refractivity contribution in [2.45, 2.75) is 37.2 Å². The van der Waals surface area contributed by atoms with Crippen LogP contribution in [0.15, 0.2) is 18.2 Å². The van der Waals surface area contributed by atoms with Crippen LogP contribution in [0.4, 0.5) is 0 Å². The zero-order valence-electron chi connectivity index (χ0n) is 11.8. The molecular formula is C16H21Cl2NO. The molecule has 4 heteroatoms. The highest BCUT2D eigenvalue weighted by molar-refractivity contribution is 6.42. The van der Waals surface area contributed by atoms with Gasteiger partial charge in [-0.25, -0.2) is 0 Å². The van der Waals surface area contributed by atoms with Gasteiger partial charge in [0, 0.05) is 25.0 Å². The van der Waals surface area contributed by atoms with Gasteiger partial charge in [0.25, 0.3) is 0 Å². The molecule has 1 aromatic rings. The molecule has 2 nitrogen and oxygen atoms in total. The highest BCUT2D eigenvalue weighted by atomic mass is 35.5. The summed E-state index contributed by atoms with van der Waals surface area (Å²) in [6.45, 7) is 2.09. The number of piperidine rings is 1. The van der Waals surface area contributed by atoms with E-state index in [-0.39, 0.29) is 5.41 Å². The minimum atomic E-state index is 0.193. The van der Waals surface area contributed by atoms with Crippen molar-refractivity contribution < 1.29 is 4.74 Å². The summed E-state index contributed by atoms with van der Waals surface area (Å²) in [6, 6.07) is 6.16. The second-order valence-corrected chi connectivity index (χ2v) is 6.83. The van der Waals surface area contributed by atoms with Crippen LogP contribution >= 0.6 is 23.2 Å². The maximum absolute atomic E-state index is 6.25. The Morgan fingerprint density at radius 3 is 2.85 bits per heavy atom. The van der Waals surface area contributed by atoms with E-state index in [0.29, 0.717) is 22.1 Å². The first-order valence-electron chi connectivity index (χ1n) is 7.36. The molecule has 1 N–H and O–H groups in total. The Hall–Kier alpha value is -0.280. The average Bonchev–Trinajstić information content (AvgIpc) is 2.49. The molecule has 0 radical (unpaired) electrons. The number of benzene rings is 1. The highest BCUT2D eigenvalue weighted by Crippen LogP contribution is 2.49. The van der Waals surface area contributed by atoms with Crippen molar-refractivity contribution in [1.82, 2.24) is 5.32 Å². The van der Waals surface area contributed by atoms with Crippen LogP contribution in [-0.4, -0.2) is 26.3 Å². The summed E-state index contributed by atoms with van der Waals surface area (Å²) >= 11 is 12.3. The Labute approximate surface area is 130 Å². The van der Waals surface area contributed by atoms with Crippen molar-refractivity contribution in [2.24, 2.45) is 5.92 Å². The van der Waals surface area contributed by atoms with E-state index in [1.807, 2.05) is 13.2 Å². The molecule has 0 amide bonds. The van der Waals surface area contributed by atoms with E-state index in [1.54, 1.807) is 0 Å². The quantitative estimate of drug-likeness (QED) is 0.889. The fourth-order valence-corrected chi connectivity index (χ4v) is 4.46. The predicted molar refractivity (Wildman–Crippen MR) is 83.8 cm³/mol. The largest absolute Gasteiger partial charge is 0.381 e. The number of methoxy groups -OCH3 is 1. The molecule has 3 atom stereocenters. The van der Waals surface area contributed by atoms with Crippen LogP contribution in [0.1, 0.15) is 31.2 Å². The number of fused-ring (bicyclic) bond motifs is 1. The molecule has 1 saturated heterocycles. The molecular weight excluding hydrogens is 293 g/mol. The molecule has 0 spiro atoms. The third kappa shape index (κ3) is 2.37. The van der Waals surface area contributed by atoms with Gasteiger partial charge in [-0.3, -0.25) is 0 Å². The van der Waals surface area contributed by atoms with Crippen molar-refractivity contribution in [1.29, 1.82) is 0 Å². The Balaban J connectivity index is 2.02. The SMILES string of the molecule is CO[C@@H]1CCCC2(c3ccc(Cl)c(Cl)c3)CCNC[C@H]12. The second-order valence-electron chi connectivity index (χ2n) is 6.01. The van der Waals surface area contributed by atoms with Crippen molar-refractivity contribution >= 4 is 23.2 Å². The molecule has 2 aliphatic rings. The summed E-state index contributed by atoms with van der Waals surface area (Å²) in [7, 11) is 1.84. The Morgan fingerprint density at radius 2 is 2.10 bits per heavy atom. The Kier molecular flexibility index (Phi) is 4.28. The van der Waals surface area contributed by atoms with Crippen LogP contribution in [0.2, 0.25) is 10.0 Å². The first kappa shape index (κ1) is 14.6. The summed E-state index contributed by atoms with van der Waals surface area (Å²) in [5.74, 6) is 0.521. The molecule has 1 aliphatic heterocycles. The molecule has 1 saturated carbocycles. The summed E-state index contributed by atoms with van der Waals surface area (Å²) in [5, 5.41) is 4.83. The van der Waals surface area contributed by atoms with Gasteiger partial charge in [0.05, 0.1) is 16.1 Å². The zero-order valence-corrected chi connectivity index (χ0v) is 13.3. The van der Waals surface area contributed by atoms with Crippen molar-refractivity contribution in [2.75, 3.05) is 20.2 Å². The zero-order chi connectivity index (χ0) is 14.2. The van der Waals surface area contributed by atoms with E-state index in [2.05, 4.69) is 17.4 Å². The van der Waals surface area contributed by atoms with Crippen LogP contribution in [0.3, 0.4) is 0 Å². The summed E-state index contributed by atoms with van der Waals surface area (Å²) < 4.78 is 5.76. The van der Waals surface area contributed by atoms with Crippen LogP contribution in [0.25, 0.3) is 0 Å². The van der Waals surface area contributed by atoms with Gasteiger partial charge in [0.1, 0.15) is 0 Å². The first-order valence-corrected chi connectivity index (χ1v) is 8.12. The minimum absolute atomic E-state index is 0.193. The molecule has 1 aromatic carbocycles. The van der Waals surface area contributed by atoms with Gasteiger partial charge in [0.15, 0.2) is 0 Å². The summed E-state index contributed by atoms with van der Waals surface area (Å²) in [4.78, 5) is 0. The topological polar surface area (TPSA) is 21.3 Å². The molecule has 1 heterocycles. The van der Waals surface area contributed by atoms with Crippen LogP contribution in [0, 0.1) is 5.92 Å². The van der Waals surface area contributed by atoms with E-state index in [0.717, 1.165) is 25.9 Å². The van der Waals surface area contributed by atoms with Gasteiger partial charge < -0.3 is 10.1 Å². The molecule has 2 fully saturated rings. The second kappa shape index (κ2) is 5.84. The molecule has 1 unspecified atom stereocenters. The number of nitrogens with one attached hydrogen (secondary N) is 1. The van der Waals surface area contributed by atoms with Crippen LogP contribution in [-0.2, 0) is 10.2 Å². The smallest absolute Gasteiger partial charge is 0.0620 e. The lowest BCUT2D eigenvalue weighted by molar-refractivity contribution is -0.0312. The molecule has 0 bridgehead atoms. The van der Waals surface area contributed by atoms with Gasteiger partial charge in [-0.2, -0.15) is 0 Å². The summed E-state index contributed by atoms with van der Waals surface area (Å²) in [5.41, 5.74) is 1.53. The maximum Gasteiger partial charge on any atom is 0.0620 e. The number of halogens is 2. The Morgan fingerprint density at radius 1 is 1.25 bits per heavy atom. The van der Waals surface area contributed by atoms with E-state index >= 15 is 0 Å².